The fraction of sp³-hybridized carbons (Fsp3) is 1.00. The highest BCUT2D eigenvalue weighted by molar-refractivity contribution is 6.20. The maximum absolute atomic E-state index is 8.43. The summed E-state index contributed by atoms with van der Waals surface area (Å²) in [6.45, 7) is 6.02. The summed E-state index contributed by atoms with van der Waals surface area (Å²) >= 11 is 0. The minimum atomic E-state index is 0.0671. The van der Waals surface area contributed by atoms with Crippen molar-refractivity contribution >= 4 is 9.15 Å². The fourth-order valence-electron chi connectivity index (χ4n) is 0. The van der Waals surface area contributed by atoms with Gasteiger partial charge in [-0.3, -0.25) is 4.89 Å². The van der Waals surface area contributed by atoms with Gasteiger partial charge in [-0.2, -0.15) is 0 Å². The number of hydrogen-bond acceptors (Lipinski definition) is 1. The molecule has 0 rings (SSSR count). The Morgan fingerprint density at radius 1 is 1.33 bits per heavy atom. The van der Waals surface area contributed by atoms with E-state index < -0.39 is 0 Å². The molecule has 2 heteroatoms. The molecule has 0 atom stereocenters. The second-order valence-corrected chi connectivity index (χ2v) is 4.09. The van der Waals surface area contributed by atoms with Gasteiger partial charge in [0, 0.05) is 5.04 Å². The molecule has 0 aliphatic carbocycles. The van der Waals surface area contributed by atoms with Crippen LogP contribution in [0.5, 0.6) is 0 Å². The minimum absolute atomic E-state index is 0.0671. The first kappa shape index (κ1) is 5.93. The standard InChI is InChI=1S/C4H9NSi/c1-4(2,3)6-5/h1-3H3. The van der Waals surface area contributed by atoms with Gasteiger partial charge in [0.15, 0.2) is 9.15 Å². The lowest BCUT2D eigenvalue weighted by Crippen LogP contribution is -1.94. The van der Waals surface area contributed by atoms with Gasteiger partial charge >= 0.3 is 0 Å². The topological polar surface area (TPSA) is 23.8 Å². The Balaban J connectivity index is 3.55. The number of rotatable bonds is 0. The SMILES string of the molecule is CC(C)(C)[Si]#N. The lowest BCUT2D eigenvalue weighted by atomic mass is 10.3. The van der Waals surface area contributed by atoms with E-state index in [9.17, 15) is 0 Å². The van der Waals surface area contributed by atoms with Crippen LogP contribution in [0.15, 0.2) is 0 Å². The average molecular weight is 99.2 g/mol. The van der Waals surface area contributed by atoms with Crippen molar-refractivity contribution < 1.29 is 0 Å². The van der Waals surface area contributed by atoms with E-state index in [0.717, 1.165) is 0 Å². The van der Waals surface area contributed by atoms with Crippen LogP contribution in [0.1, 0.15) is 20.8 Å². The Hall–Kier alpha value is -0.0731. The molecular formula is C4H9NSi. The van der Waals surface area contributed by atoms with Gasteiger partial charge in [0.2, 0.25) is 0 Å². The molecule has 0 fully saturated rings. The second-order valence-electron chi connectivity index (χ2n) is 2.36. The third-order valence-electron chi connectivity index (χ3n) is 0.335. The molecule has 0 aromatic rings. The van der Waals surface area contributed by atoms with E-state index in [1.54, 1.807) is 0 Å². The summed E-state index contributed by atoms with van der Waals surface area (Å²) < 4.78 is 0. The monoisotopic (exact) mass is 99.1 g/mol. The molecule has 0 saturated heterocycles. The predicted molar refractivity (Wildman–Crippen MR) is 27.2 cm³/mol. The number of nitrogens with zero attached hydrogens (tertiary/aromatic N) is 1. The lowest BCUT2D eigenvalue weighted by Gasteiger charge is -2.01. The van der Waals surface area contributed by atoms with E-state index in [4.69, 9.17) is 4.89 Å². The summed E-state index contributed by atoms with van der Waals surface area (Å²) in [4.78, 5) is 8.43. The zero-order valence-electron chi connectivity index (χ0n) is 4.45. The zero-order chi connectivity index (χ0) is 5.21. The van der Waals surface area contributed by atoms with Crippen LogP contribution in [0, 0.1) is 4.89 Å². The van der Waals surface area contributed by atoms with Crippen LogP contribution >= 0.6 is 0 Å². The summed E-state index contributed by atoms with van der Waals surface area (Å²) in [7, 11) is 0.0671. The van der Waals surface area contributed by atoms with Crippen LogP contribution < -0.4 is 0 Å². The van der Waals surface area contributed by atoms with Crippen molar-refractivity contribution in [3.8, 4) is 0 Å². The van der Waals surface area contributed by atoms with Crippen LogP contribution in [0.25, 0.3) is 0 Å². The molecule has 0 heterocycles. The first-order valence-electron chi connectivity index (χ1n) is 1.97. The van der Waals surface area contributed by atoms with Crippen molar-refractivity contribution in [1.82, 2.24) is 0 Å². The largest absolute Gasteiger partial charge is 0.285 e. The van der Waals surface area contributed by atoms with Gasteiger partial charge in [-0.15, -0.1) is 0 Å². The fourth-order valence-corrected chi connectivity index (χ4v) is 0. The van der Waals surface area contributed by atoms with Crippen LogP contribution in [0.2, 0.25) is 5.04 Å². The van der Waals surface area contributed by atoms with Crippen LogP contribution in [-0.2, 0) is 0 Å². The van der Waals surface area contributed by atoms with Crippen molar-refractivity contribution in [2.45, 2.75) is 25.8 Å². The summed E-state index contributed by atoms with van der Waals surface area (Å²) in [5.41, 5.74) is 0. The molecule has 0 unspecified atom stereocenters. The molecule has 34 valence electrons. The highest BCUT2D eigenvalue weighted by atomic mass is 28.2. The summed E-state index contributed by atoms with van der Waals surface area (Å²) in [6, 6.07) is 0. The minimum Gasteiger partial charge on any atom is -0.285 e. The molecule has 0 aliphatic rings. The van der Waals surface area contributed by atoms with E-state index in [0.29, 0.717) is 0 Å². The first-order chi connectivity index (χ1) is 2.56. The predicted octanol–water partition coefficient (Wildman–Crippen LogP) is 1.39. The first-order valence-corrected chi connectivity index (χ1v) is 2.92. The molecule has 0 saturated carbocycles. The molecule has 0 aliphatic heterocycles. The molecule has 0 bridgehead atoms. The second kappa shape index (κ2) is 1.58. The van der Waals surface area contributed by atoms with E-state index in [1.807, 2.05) is 20.8 Å². The van der Waals surface area contributed by atoms with E-state index >= 15 is 0 Å². The molecule has 0 amide bonds. The van der Waals surface area contributed by atoms with Crippen molar-refractivity contribution in [2.24, 2.45) is 0 Å². The van der Waals surface area contributed by atoms with E-state index in [-0.39, 0.29) is 14.2 Å². The van der Waals surface area contributed by atoms with Gasteiger partial charge in [-0.25, -0.2) is 0 Å². The Bertz CT molecular complexity index is 74.5. The van der Waals surface area contributed by atoms with Crippen molar-refractivity contribution in [3.05, 3.63) is 0 Å². The highest BCUT2D eigenvalue weighted by Gasteiger charge is 2.05. The smallest absolute Gasteiger partial charge is 0.199 e. The summed E-state index contributed by atoms with van der Waals surface area (Å²) in [5, 5.41) is 0.125. The van der Waals surface area contributed by atoms with Crippen LogP contribution in [-0.4, -0.2) is 9.15 Å². The Labute approximate surface area is 40.8 Å². The average Bonchev–Trinajstić information content (AvgIpc) is 1.35. The van der Waals surface area contributed by atoms with Crippen molar-refractivity contribution in [3.63, 3.8) is 0 Å². The van der Waals surface area contributed by atoms with Gasteiger partial charge in [-0.1, -0.05) is 20.8 Å². The van der Waals surface area contributed by atoms with Crippen molar-refractivity contribution in [1.29, 1.82) is 4.89 Å². The zero-order valence-corrected chi connectivity index (χ0v) is 5.45. The summed E-state index contributed by atoms with van der Waals surface area (Å²) in [6.07, 6.45) is 0. The van der Waals surface area contributed by atoms with Gasteiger partial charge in [0.1, 0.15) is 0 Å². The normalized spacial score (nSPS) is 10.3. The number of hydrogen-bond donors (Lipinski definition) is 0. The van der Waals surface area contributed by atoms with Crippen LogP contribution in [0.4, 0.5) is 0 Å². The lowest BCUT2D eigenvalue weighted by molar-refractivity contribution is 0.760. The third-order valence-corrected chi connectivity index (χ3v) is 1.01. The van der Waals surface area contributed by atoms with Crippen molar-refractivity contribution in [2.75, 3.05) is 0 Å². The molecule has 0 aromatic carbocycles. The molecular weight excluding hydrogens is 90.1 g/mol. The molecule has 0 radical (unpaired) electrons. The Morgan fingerprint density at radius 3 is 1.50 bits per heavy atom. The van der Waals surface area contributed by atoms with Gasteiger partial charge in [-0.05, 0) is 0 Å². The molecule has 0 spiro atoms. The van der Waals surface area contributed by atoms with Gasteiger partial charge < -0.3 is 0 Å². The van der Waals surface area contributed by atoms with E-state index in [1.165, 1.54) is 0 Å². The molecule has 0 N–H and O–H groups in total. The Kier molecular flexibility index (Phi) is 1.56. The third kappa shape index (κ3) is 3.93. The summed E-state index contributed by atoms with van der Waals surface area (Å²) in [5.74, 6) is 0. The molecule has 6 heavy (non-hydrogen) atoms. The molecule has 1 nitrogen and oxygen atoms in total. The van der Waals surface area contributed by atoms with Gasteiger partial charge in [0.25, 0.3) is 0 Å². The quantitative estimate of drug-likeness (QED) is 0.421. The van der Waals surface area contributed by atoms with E-state index in [2.05, 4.69) is 0 Å². The van der Waals surface area contributed by atoms with Crippen LogP contribution in [0.3, 0.4) is 0 Å². The Morgan fingerprint density at radius 2 is 1.50 bits per heavy atom. The van der Waals surface area contributed by atoms with Gasteiger partial charge in [0.05, 0.1) is 0 Å². The maximum Gasteiger partial charge on any atom is 0.199 e. The highest BCUT2D eigenvalue weighted by Crippen LogP contribution is 2.14. The maximum atomic E-state index is 8.43. The molecule has 0 aromatic heterocycles.